The van der Waals surface area contributed by atoms with Crippen molar-refractivity contribution in [3.8, 4) is 0 Å². The van der Waals surface area contributed by atoms with E-state index in [0.717, 1.165) is 0 Å². The summed E-state index contributed by atoms with van der Waals surface area (Å²) in [5.74, 6) is -2.53. The molecular formula is C27H33FN2O6. The summed E-state index contributed by atoms with van der Waals surface area (Å²) in [5, 5.41) is 5.09. The van der Waals surface area contributed by atoms with Crippen molar-refractivity contribution in [1.82, 2.24) is 5.32 Å². The van der Waals surface area contributed by atoms with Gasteiger partial charge in [0.15, 0.2) is 5.78 Å². The fourth-order valence-corrected chi connectivity index (χ4v) is 3.17. The van der Waals surface area contributed by atoms with Crippen LogP contribution < -0.4 is 10.6 Å². The van der Waals surface area contributed by atoms with Crippen molar-refractivity contribution >= 4 is 29.4 Å². The van der Waals surface area contributed by atoms with Crippen molar-refractivity contribution in [2.24, 2.45) is 0 Å². The molecule has 0 aliphatic carbocycles. The lowest BCUT2D eigenvalue weighted by Gasteiger charge is -2.24. The second kappa shape index (κ2) is 11.8. The van der Waals surface area contributed by atoms with Gasteiger partial charge in [-0.3, -0.25) is 14.4 Å². The Hall–Kier alpha value is -3.75. The Morgan fingerprint density at radius 1 is 0.833 bits per heavy atom. The Labute approximate surface area is 210 Å². The Bertz CT molecular complexity index is 1120. The maximum absolute atomic E-state index is 14.2. The zero-order valence-corrected chi connectivity index (χ0v) is 21.4. The quantitative estimate of drug-likeness (QED) is 0.389. The zero-order valence-electron chi connectivity index (χ0n) is 21.4. The molecule has 0 aromatic heterocycles. The van der Waals surface area contributed by atoms with E-state index in [1.807, 2.05) is 0 Å². The third kappa shape index (κ3) is 9.13. The number of carbonyl (C=O) groups is 4. The Kier molecular flexibility index (Phi) is 9.33. The van der Waals surface area contributed by atoms with E-state index in [1.165, 1.54) is 36.4 Å². The smallest absolute Gasteiger partial charge is 0.408 e. The number of hydrogen-bond acceptors (Lipinski definition) is 6. The Morgan fingerprint density at radius 2 is 1.39 bits per heavy atom. The van der Waals surface area contributed by atoms with Gasteiger partial charge in [0.05, 0.1) is 11.3 Å². The molecule has 2 aromatic carbocycles. The molecule has 0 saturated heterocycles. The third-order valence-electron chi connectivity index (χ3n) is 4.61. The molecule has 0 aliphatic rings. The molecule has 194 valence electrons. The number of carbonyl (C=O) groups excluding carboxylic acids is 4. The van der Waals surface area contributed by atoms with Gasteiger partial charge < -0.3 is 20.1 Å². The molecule has 0 saturated carbocycles. The van der Waals surface area contributed by atoms with Crippen molar-refractivity contribution in [2.45, 2.75) is 71.6 Å². The van der Waals surface area contributed by atoms with Crippen molar-refractivity contribution in [3.63, 3.8) is 0 Å². The van der Waals surface area contributed by atoms with E-state index in [9.17, 15) is 23.6 Å². The standard InChI is InChI=1S/C27H33FN2O6/c1-26(2,3)35-22(31)16-15-21(30-25(34)36-27(4,5)6)24(33)29-20-14-10-8-12-18(20)23(32)17-11-7-9-13-19(17)28/h7-14,21H,15-16H2,1-6H3,(H,29,33)(H,30,34)/t21-/m0/s1. The van der Waals surface area contributed by atoms with E-state index in [4.69, 9.17) is 9.47 Å². The number of amides is 2. The third-order valence-corrected chi connectivity index (χ3v) is 4.61. The summed E-state index contributed by atoms with van der Waals surface area (Å²) >= 11 is 0. The van der Waals surface area contributed by atoms with Crippen molar-refractivity contribution in [1.29, 1.82) is 0 Å². The monoisotopic (exact) mass is 500 g/mol. The predicted molar refractivity (Wildman–Crippen MR) is 133 cm³/mol. The van der Waals surface area contributed by atoms with Crippen molar-refractivity contribution < 1.29 is 33.0 Å². The molecule has 0 radical (unpaired) electrons. The Morgan fingerprint density at radius 3 is 1.97 bits per heavy atom. The van der Waals surface area contributed by atoms with Crippen LogP contribution in [0, 0.1) is 5.82 Å². The van der Waals surface area contributed by atoms with Gasteiger partial charge in [-0.1, -0.05) is 24.3 Å². The second-order valence-corrected chi connectivity index (χ2v) is 10.2. The van der Waals surface area contributed by atoms with Gasteiger partial charge in [-0.15, -0.1) is 0 Å². The van der Waals surface area contributed by atoms with Crippen LogP contribution in [0.4, 0.5) is 14.9 Å². The molecule has 1 atom stereocenters. The lowest BCUT2D eigenvalue weighted by molar-refractivity contribution is -0.155. The molecule has 0 fully saturated rings. The minimum atomic E-state index is -1.18. The van der Waals surface area contributed by atoms with Crippen molar-refractivity contribution in [2.75, 3.05) is 5.32 Å². The molecule has 36 heavy (non-hydrogen) atoms. The summed E-state index contributed by atoms with van der Waals surface area (Å²) in [6.45, 7) is 10.2. The van der Waals surface area contributed by atoms with Crippen molar-refractivity contribution in [3.05, 3.63) is 65.5 Å². The van der Waals surface area contributed by atoms with Crippen LogP contribution >= 0.6 is 0 Å². The van der Waals surface area contributed by atoms with Crippen LogP contribution in [0.3, 0.4) is 0 Å². The lowest BCUT2D eigenvalue weighted by atomic mass is 10.0. The highest BCUT2D eigenvalue weighted by molar-refractivity contribution is 6.14. The first kappa shape index (κ1) is 28.5. The normalized spacial score (nSPS) is 12.3. The molecule has 8 nitrogen and oxygen atoms in total. The second-order valence-electron chi connectivity index (χ2n) is 10.2. The van der Waals surface area contributed by atoms with Crippen LogP contribution in [-0.4, -0.2) is 41.0 Å². The van der Waals surface area contributed by atoms with E-state index in [-0.39, 0.29) is 29.7 Å². The minimum absolute atomic E-state index is 0.0686. The molecule has 2 aromatic rings. The largest absolute Gasteiger partial charge is 0.460 e. The van der Waals surface area contributed by atoms with Crippen LogP contribution in [0.2, 0.25) is 0 Å². The molecule has 0 spiro atoms. The number of esters is 1. The molecule has 0 heterocycles. The van der Waals surface area contributed by atoms with E-state index in [0.29, 0.717) is 0 Å². The fourth-order valence-electron chi connectivity index (χ4n) is 3.17. The van der Waals surface area contributed by atoms with E-state index >= 15 is 0 Å². The van der Waals surface area contributed by atoms with E-state index in [2.05, 4.69) is 10.6 Å². The Balaban J connectivity index is 2.25. The summed E-state index contributed by atoms with van der Waals surface area (Å²) < 4.78 is 24.7. The first-order valence-electron chi connectivity index (χ1n) is 11.6. The van der Waals surface area contributed by atoms with Crippen LogP contribution in [-0.2, 0) is 19.1 Å². The number of ether oxygens (including phenoxy) is 2. The summed E-state index contributed by atoms with van der Waals surface area (Å²) in [5.41, 5.74) is -1.47. The van der Waals surface area contributed by atoms with Gasteiger partial charge in [0.2, 0.25) is 5.91 Å². The number of halogens is 1. The summed E-state index contributed by atoms with van der Waals surface area (Å²) in [7, 11) is 0. The highest BCUT2D eigenvalue weighted by Gasteiger charge is 2.27. The topological polar surface area (TPSA) is 111 Å². The fraction of sp³-hybridized carbons (Fsp3) is 0.407. The SMILES string of the molecule is CC(C)(C)OC(=O)CC[C@H](NC(=O)OC(C)(C)C)C(=O)Nc1ccccc1C(=O)c1ccccc1F. The van der Waals surface area contributed by atoms with Gasteiger partial charge in [0.25, 0.3) is 0 Å². The van der Waals surface area contributed by atoms with Crippen LogP contribution in [0.15, 0.2) is 48.5 Å². The first-order chi connectivity index (χ1) is 16.7. The molecular weight excluding hydrogens is 467 g/mol. The van der Waals surface area contributed by atoms with Gasteiger partial charge in [0, 0.05) is 12.0 Å². The number of anilines is 1. The number of hydrogen-bond donors (Lipinski definition) is 2. The number of nitrogens with one attached hydrogen (secondary N) is 2. The number of rotatable bonds is 8. The van der Waals surface area contributed by atoms with Gasteiger partial charge in [-0.2, -0.15) is 0 Å². The highest BCUT2D eigenvalue weighted by Crippen LogP contribution is 2.22. The van der Waals surface area contributed by atoms with Gasteiger partial charge in [-0.05, 0) is 72.2 Å². The number of ketones is 1. The van der Waals surface area contributed by atoms with Crippen LogP contribution in [0.25, 0.3) is 0 Å². The molecule has 0 bridgehead atoms. The highest BCUT2D eigenvalue weighted by atomic mass is 19.1. The minimum Gasteiger partial charge on any atom is -0.460 e. The maximum atomic E-state index is 14.2. The van der Waals surface area contributed by atoms with Gasteiger partial charge >= 0.3 is 12.1 Å². The zero-order chi connectivity index (χ0) is 27.1. The molecule has 2 N–H and O–H groups in total. The molecule has 9 heteroatoms. The summed E-state index contributed by atoms with van der Waals surface area (Å²) in [6, 6.07) is 10.5. The van der Waals surface area contributed by atoms with Crippen LogP contribution in [0.5, 0.6) is 0 Å². The number of para-hydroxylation sites is 1. The first-order valence-corrected chi connectivity index (χ1v) is 11.6. The summed E-state index contributed by atoms with van der Waals surface area (Å²) in [6.07, 6.45) is -1.08. The maximum Gasteiger partial charge on any atom is 0.408 e. The van der Waals surface area contributed by atoms with E-state index < -0.39 is 46.8 Å². The summed E-state index contributed by atoms with van der Waals surface area (Å²) in [4.78, 5) is 50.7. The number of benzene rings is 2. The van der Waals surface area contributed by atoms with E-state index in [1.54, 1.807) is 53.7 Å². The van der Waals surface area contributed by atoms with Crippen LogP contribution in [0.1, 0.15) is 70.3 Å². The average molecular weight is 501 g/mol. The predicted octanol–water partition coefficient (Wildman–Crippen LogP) is 5.01. The molecule has 2 rings (SSSR count). The van der Waals surface area contributed by atoms with Gasteiger partial charge in [0.1, 0.15) is 23.1 Å². The molecule has 0 aliphatic heterocycles. The lowest BCUT2D eigenvalue weighted by Crippen LogP contribution is -2.46. The molecule has 0 unspecified atom stereocenters. The van der Waals surface area contributed by atoms with Gasteiger partial charge in [-0.25, -0.2) is 9.18 Å². The molecule has 2 amide bonds. The number of alkyl carbamates (subject to hydrolysis) is 1. The average Bonchev–Trinajstić information content (AvgIpc) is 2.74.